The second kappa shape index (κ2) is 9.96. The summed E-state index contributed by atoms with van der Waals surface area (Å²) in [6.45, 7) is 0. The molecule has 0 spiro atoms. The number of ether oxygens (including phenoxy) is 1. The fourth-order valence-electron chi connectivity index (χ4n) is 3.84. The number of fused-ring (bicyclic) bond motifs is 1. The summed E-state index contributed by atoms with van der Waals surface area (Å²) in [5, 5.41) is 13.9. The van der Waals surface area contributed by atoms with Crippen molar-refractivity contribution in [3.63, 3.8) is 0 Å². The number of para-hydroxylation sites is 1. The quantitative estimate of drug-likeness (QED) is 0.264. The summed E-state index contributed by atoms with van der Waals surface area (Å²) in [6.07, 6.45) is 3.69. The Bertz CT molecular complexity index is 1830. The highest BCUT2D eigenvalue weighted by molar-refractivity contribution is 7.98. The van der Waals surface area contributed by atoms with Crippen LogP contribution in [0.25, 0.3) is 28.2 Å². The van der Waals surface area contributed by atoms with Crippen molar-refractivity contribution in [3.8, 4) is 29.0 Å². The van der Waals surface area contributed by atoms with Gasteiger partial charge in [-0.15, -0.1) is 16.8 Å². The molecule has 3 aromatic carbocycles. The van der Waals surface area contributed by atoms with Crippen LogP contribution in [0.1, 0.15) is 0 Å². The SMILES string of the molecule is COc1ccc(-n2c(=O)c3nn(-c4ccc(SC)cc4)c(=NC#N)nc3n(-c3ccccc3)c2=O)cc1. The second-order valence-corrected chi connectivity index (χ2v) is 8.58. The summed E-state index contributed by atoms with van der Waals surface area (Å²) in [5.41, 5.74) is -0.116. The smallest absolute Gasteiger partial charge is 0.342 e. The molecule has 0 radical (unpaired) electrons. The molecule has 0 aliphatic rings. The Morgan fingerprint density at radius 1 is 0.892 bits per heavy atom. The average Bonchev–Trinajstić information content (AvgIpc) is 2.94. The Labute approximate surface area is 214 Å². The molecule has 0 aliphatic heterocycles. The molecule has 5 rings (SSSR count). The molecule has 182 valence electrons. The van der Waals surface area contributed by atoms with E-state index in [0.717, 1.165) is 9.46 Å². The third kappa shape index (κ3) is 4.30. The van der Waals surface area contributed by atoms with Gasteiger partial charge in [0.2, 0.25) is 6.19 Å². The molecule has 0 N–H and O–H groups in total. The summed E-state index contributed by atoms with van der Waals surface area (Å²) in [5.74, 6) is 0.579. The first kappa shape index (κ1) is 23.8. The van der Waals surface area contributed by atoms with E-state index in [1.807, 2.05) is 24.5 Å². The minimum Gasteiger partial charge on any atom is -0.497 e. The Morgan fingerprint density at radius 3 is 2.16 bits per heavy atom. The van der Waals surface area contributed by atoms with Gasteiger partial charge in [-0.2, -0.15) is 20.0 Å². The van der Waals surface area contributed by atoms with Crippen molar-refractivity contribution < 1.29 is 4.74 Å². The van der Waals surface area contributed by atoms with E-state index in [9.17, 15) is 14.9 Å². The minimum atomic E-state index is -0.664. The zero-order chi connectivity index (χ0) is 25.9. The van der Waals surface area contributed by atoms with Gasteiger partial charge in [0.15, 0.2) is 11.2 Å². The van der Waals surface area contributed by atoms with Crippen LogP contribution in [-0.4, -0.2) is 37.3 Å². The Hall–Kier alpha value is -4.95. The van der Waals surface area contributed by atoms with Gasteiger partial charge in [-0.05, 0) is 66.9 Å². The van der Waals surface area contributed by atoms with Gasteiger partial charge >= 0.3 is 5.69 Å². The number of hydrogen-bond donors (Lipinski definition) is 0. The van der Waals surface area contributed by atoms with Gasteiger partial charge < -0.3 is 4.74 Å². The molecule has 0 saturated heterocycles. The number of rotatable bonds is 5. The Kier molecular flexibility index (Phi) is 6.40. The van der Waals surface area contributed by atoms with Gasteiger partial charge in [0, 0.05) is 4.90 Å². The van der Waals surface area contributed by atoms with Crippen molar-refractivity contribution in [2.24, 2.45) is 4.99 Å². The highest BCUT2D eigenvalue weighted by atomic mass is 32.2. The maximum absolute atomic E-state index is 13.8. The summed E-state index contributed by atoms with van der Waals surface area (Å²) in [6, 6.07) is 22.7. The maximum atomic E-state index is 13.8. The number of thioether (sulfide) groups is 1. The van der Waals surface area contributed by atoms with Crippen molar-refractivity contribution >= 4 is 22.9 Å². The lowest BCUT2D eigenvalue weighted by Crippen LogP contribution is -2.41. The first-order chi connectivity index (χ1) is 18.0. The van der Waals surface area contributed by atoms with Crippen molar-refractivity contribution in [3.05, 3.63) is 105 Å². The summed E-state index contributed by atoms with van der Waals surface area (Å²) in [4.78, 5) is 36.8. The largest absolute Gasteiger partial charge is 0.497 e. The third-order valence-electron chi connectivity index (χ3n) is 5.62. The lowest BCUT2D eigenvalue weighted by molar-refractivity contribution is 0.414. The zero-order valence-corrected chi connectivity index (χ0v) is 20.6. The predicted octanol–water partition coefficient (Wildman–Crippen LogP) is 2.83. The van der Waals surface area contributed by atoms with Gasteiger partial charge in [-0.1, -0.05) is 18.2 Å². The Morgan fingerprint density at radius 2 is 1.54 bits per heavy atom. The van der Waals surface area contributed by atoms with Gasteiger partial charge in [-0.3, -0.25) is 4.79 Å². The zero-order valence-electron chi connectivity index (χ0n) is 19.8. The van der Waals surface area contributed by atoms with E-state index in [0.29, 0.717) is 22.8 Å². The van der Waals surface area contributed by atoms with Crippen LogP contribution in [0, 0.1) is 11.5 Å². The van der Waals surface area contributed by atoms with Crippen molar-refractivity contribution in [2.75, 3.05) is 13.4 Å². The fraction of sp³-hybridized carbons (Fsp3) is 0.0769. The molecule has 37 heavy (non-hydrogen) atoms. The van der Waals surface area contributed by atoms with Crippen molar-refractivity contribution in [1.82, 2.24) is 23.9 Å². The molecule has 10 nitrogen and oxygen atoms in total. The summed E-state index contributed by atoms with van der Waals surface area (Å²) >= 11 is 1.57. The molecule has 0 bridgehead atoms. The first-order valence-electron chi connectivity index (χ1n) is 11.0. The van der Waals surface area contributed by atoms with Crippen LogP contribution in [0.2, 0.25) is 0 Å². The van der Waals surface area contributed by atoms with E-state index in [4.69, 9.17) is 4.74 Å². The van der Waals surface area contributed by atoms with Crippen molar-refractivity contribution in [1.29, 1.82) is 5.26 Å². The van der Waals surface area contributed by atoms with E-state index < -0.39 is 11.2 Å². The lowest BCUT2D eigenvalue weighted by atomic mass is 10.3. The second-order valence-electron chi connectivity index (χ2n) is 7.70. The molecule has 0 atom stereocenters. The minimum absolute atomic E-state index is 0.0167. The van der Waals surface area contributed by atoms with Crippen LogP contribution in [0.15, 0.2) is 98.3 Å². The van der Waals surface area contributed by atoms with Crippen LogP contribution in [-0.2, 0) is 0 Å². The van der Waals surface area contributed by atoms with Gasteiger partial charge in [-0.25, -0.2) is 13.9 Å². The van der Waals surface area contributed by atoms with Crippen LogP contribution < -0.4 is 21.6 Å². The van der Waals surface area contributed by atoms with E-state index in [1.165, 1.54) is 16.4 Å². The number of methoxy groups -OCH3 is 1. The molecule has 2 aromatic heterocycles. The average molecular weight is 510 g/mol. The molecule has 5 aromatic rings. The van der Waals surface area contributed by atoms with Gasteiger partial charge in [0.1, 0.15) is 5.75 Å². The van der Waals surface area contributed by atoms with Gasteiger partial charge in [0.25, 0.3) is 11.2 Å². The molecular formula is C26H19N7O3S. The number of nitriles is 1. The third-order valence-corrected chi connectivity index (χ3v) is 6.36. The van der Waals surface area contributed by atoms with E-state index in [2.05, 4.69) is 15.1 Å². The number of benzene rings is 3. The molecule has 0 fully saturated rings. The topological polar surface area (TPSA) is 120 Å². The number of aromatic nitrogens is 5. The molecule has 0 saturated carbocycles. The molecule has 0 aliphatic carbocycles. The number of hydrogen-bond acceptors (Lipinski definition) is 8. The lowest BCUT2D eigenvalue weighted by Gasteiger charge is -2.15. The monoisotopic (exact) mass is 509 g/mol. The van der Waals surface area contributed by atoms with Crippen molar-refractivity contribution in [2.45, 2.75) is 4.90 Å². The Balaban J connectivity index is 1.92. The van der Waals surface area contributed by atoms with E-state index in [1.54, 1.807) is 78.6 Å². The highest BCUT2D eigenvalue weighted by Crippen LogP contribution is 2.17. The van der Waals surface area contributed by atoms with Crippen LogP contribution in [0.3, 0.4) is 0 Å². The molecule has 2 heterocycles. The predicted molar refractivity (Wildman–Crippen MR) is 140 cm³/mol. The fourth-order valence-corrected chi connectivity index (χ4v) is 4.25. The number of nitrogens with zero attached hydrogens (tertiary/aromatic N) is 7. The van der Waals surface area contributed by atoms with Crippen LogP contribution in [0.4, 0.5) is 0 Å². The standard InChI is InChI=1S/C26H19N7O3S/c1-36-20-12-8-18(9-13-20)32-24(34)22-23(31(26(32)35)17-6-4-3-5-7-17)29-25(28-16-27)33(30-22)19-10-14-21(37-2)15-11-19/h3-15H,1-2H3. The molecular weight excluding hydrogens is 490 g/mol. The maximum Gasteiger partial charge on any atom is 0.342 e. The van der Waals surface area contributed by atoms with Crippen LogP contribution >= 0.6 is 11.8 Å². The van der Waals surface area contributed by atoms with Gasteiger partial charge in [0.05, 0.1) is 24.2 Å². The molecule has 0 unspecified atom stereocenters. The summed E-state index contributed by atoms with van der Waals surface area (Å²) < 4.78 is 8.84. The van der Waals surface area contributed by atoms with E-state index in [-0.39, 0.29) is 16.8 Å². The highest BCUT2D eigenvalue weighted by Gasteiger charge is 2.20. The molecule has 11 heteroatoms. The van der Waals surface area contributed by atoms with Crippen LogP contribution in [0.5, 0.6) is 5.75 Å². The van der Waals surface area contributed by atoms with E-state index >= 15 is 0 Å². The first-order valence-corrected chi connectivity index (χ1v) is 12.2. The normalized spacial score (nSPS) is 11.4. The summed E-state index contributed by atoms with van der Waals surface area (Å²) in [7, 11) is 1.53. The molecule has 0 amide bonds.